The van der Waals surface area contributed by atoms with Gasteiger partial charge in [-0.25, -0.2) is 4.39 Å². The molecule has 1 atom stereocenters. The van der Waals surface area contributed by atoms with E-state index in [4.69, 9.17) is 21.1 Å². The van der Waals surface area contributed by atoms with Gasteiger partial charge in [0.05, 0.1) is 7.11 Å². The smallest absolute Gasteiger partial charge is 0.321 e. The molecule has 0 spiro atoms. The van der Waals surface area contributed by atoms with Gasteiger partial charge in [-0.1, -0.05) is 41.9 Å². The number of H-pyrrole nitrogens is 1. The van der Waals surface area contributed by atoms with Crippen molar-refractivity contribution < 1.29 is 23.8 Å². The number of para-hydroxylation sites is 1. The third-order valence-electron chi connectivity index (χ3n) is 5.58. The van der Waals surface area contributed by atoms with Gasteiger partial charge in [-0.15, -0.1) is 0 Å². The topological polar surface area (TPSA) is 83.6 Å². The van der Waals surface area contributed by atoms with Crippen molar-refractivity contribution in [1.82, 2.24) is 10.3 Å². The summed E-state index contributed by atoms with van der Waals surface area (Å²) in [6.45, 7) is 0.447. The van der Waals surface area contributed by atoms with E-state index < -0.39 is 12.0 Å². The first-order valence-corrected chi connectivity index (χ1v) is 11.1. The molecule has 34 heavy (non-hydrogen) atoms. The number of carboxylic acid groups (broad SMARTS) is 1. The van der Waals surface area contributed by atoms with E-state index in [-0.39, 0.29) is 19.0 Å². The minimum absolute atomic E-state index is 0.219. The molecule has 4 aromatic rings. The lowest BCUT2D eigenvalue weighted by molar-refractivity contribution is -0.139. The highest BCUT2D eigenvalue weighted by Crippen LogP contribution is 2.34. The van der Waals surface area contributed by atoms with Crippen LogP contribution in [-0.2, 0) is 24.4 Å². The Morgan fingerprint density at radius 1 is 1.12 bits per heavy atom. The predicted octanol–water partition coefficient (Wildman–Crippen LogP) is 5.33. The van der Waals surface area contributed by atoms with Crippen molar-refractivity contribution in [3.8, 4) is 11.5 Å². The van der Waals surface area contributed by atoms with Gasteiger partial charge in [-0.05, 0) is 41.0 Å². The number of methoxy groups -OCH3 is 1. The summed E-state index contributed by atoms with van der Waals surface area (Å²) in [5.41, 5.74) is 3.36. The number of hydrogen-bond acceptors (Lipinski definition) is 4. The number of carbonyl (C=O) groups is 1. The molecule has 0 saturated carbocycles. The molecule has 4 rings (SSSR count). The molecular formula is C26H24ClFN2O4. The standard InChI is InChI=1S/C26H24ClFN2O4/c1-33-24-11-18(21(27)12-25(24)34-15-16-6-8-19(28)9-7-16)14-30-23(26(31)32)10-17-13-29-22-5-3-2-4-20(17)22/h2-9,11-13,23,29-30H,10,14-15H2,1H3,(H,31,32). The summed E-state index contributed by atoms with van der Waals surface area (Å²) in [4.78, 5) is 15.1. The van der Waals surface area contributed by atoms with Crippen LogP contribution in [0.25, 0.3) is 10.9 Å². The van der Waals surface area contributed by atoms with Gasteiger partial charge in [0.1, 0.15) is 18.5 Å². The van der Waals surface area contributed by atoms with Crippen molar-refractivity contribution in [3.63, 3.8) is 0 Å². The summed E-state index contributed by atoms with van der Waals surface area (Å²) in [5, 5.41) is 14.3. The maximum absolute atomic E-state index is 13.1. The number of nitrogens with one attached hydrogen (secondary N) is 2. The number of ether oxygens (including phenoxy) is 2. The maximum Gasteiger partial charge on any atom is 0.321 e. The minimum Gasteiger partial charge on any atom is -0.493 e. The molecule has 0 aliphatic rings. The minimum atomic E-state index is -0.951. The van der Waals surface area contributed by atoms with Crippen LogP contribution in [0.1, 0.15) is 16.7 Å². The molecular weight excluding hydrogens is 459 g/mol. The third kappa shape index (κ3) is 5.50. The van der Waals surface area contributed by atoms with Crippen LogP contribution in [-0.4, -0.2) is 29.2 Å². The van der Waals surface area contributed by atoms with Gasteiger partial charge in [0, 0.05) is 41.2 Å². The lowest BCUT2D eigenvalue weighted by atomic mass is 10.0. The number of hydrogen-bond donors (Lipinski definition) is 3. The molecule has 0 bridgehead atoms. The molecule has 6 nitrogen and oxygen atoms in total. The SMILES string of the molecule is COc1cc(CNC(Cc2c[nH]c3ccccc23)C(=O)O)c(Cl)cc1OCc1ccc(F)cc1. The summed E-state index contributed by atoms with van der Waals surface area (Å²) in [6, 6.07) is 16.3. The highest BCUT2D eigenvalue weighted by molar-refractivity contribution is 6.31. The lowest BCUT2D eigenvalue weighted by Crippen LogP contribution is -2.38. The molecule has 0 saturated heterocycles. The van der Waals surface area contributed by atoms with Crippen LogP contribution < -0.4 is 14.8 Å². The zero-order valence-electron chi connectivity index (χ0n) is 18.5. The van der Waals surface area contributed by atoms with E-state index >= 15 is 0 Å². The lowest BCUT2D eigenvalue weighted by Gasteiger charge is -2.17. The Kier molecular flexibility index (Phi) is 7.35. The van der Waals surface area contributed by atoms with Crippen LogP contribution in [0.4, 0.5) is 4.39 Å². The van der Waals surface area contributed by atoms with Crippen molar-refractivity contribution >= 4 is 28.5 Å². The monoisotopic (exact) mass is 482 g/mol. The molecule has 0 aliphatic heterocycles. The number of fused-ring (bicyclic) bond motifs is 1. The van der Waals surface area contributed by atoms with Gasteiger partial charge in [0.25, 0.3) is 0 Å². The number of benzene rings is 3. The quantitative estimate of drug-likeness (QED) is 0.284. The number of halogens is 2. The number of rotatable bonds is 10. The second-order valence-electron chi connectivity index (χ2n) is 7.84. The molecule has 176 valence electrons. The third-order valence-corrected chi connectivity index (χ3v) is 5.93. The normalized spacial score (nSPS) is 12.0. The Balaban J connectivity index is 1.45. The first-order valence-electron chi connectivity index (χ1n) is 10.7. The van der Waals surface area contributed by atoms with Crippen molar-refractivity contribution in [2.24, 2.45) is 0 Å². The fourth-order valence-electron chi connectivity index (χ4n) is 3.73. The van der Waals surface area contributed by atoms with Crippen molar-refractivity contribution in [2.45, 2.75) is 25.6 Å². The van der Waals surface area contributed by atoms with Crippen molar-refractivity contribution in [3.05, 3.63) is 94.4 Å². The summed E-state index contributed by atoms with van der Waals surface area (Å²) < 4.78 is 24.4. The van der Waals surface area contributed by atoms with Crippen LogP contribution in [0, 0.1) is 5.82 Å². The fourth-order valence-corrected chi connectivity index (χ4v) is 3.95. The average Bonchev–Trinajstić information content (AvgIpc) is 3.24. The van der Waals surface area contributed by atoms with Crippen LogP contribution >= 0.6 is 11.6 Å². The van der Waals surface area contributed by atoms with E-state index in [1.807, 2.05) is 30.5 Å². The molecule has 1 unspecified atom stereocenters. The predicted molar refractivity (Wildman–Crippen MR) is 129 cm³/mol. The van der Waals surface area contributed by atoms with Gasteiger partial charge in [0.15, 0.2) is 11.5 Å². The van der Waals surface area contributed by atoms with E-state index in [1.165, 1.54) is 19.2 Å². The number of aromatic amines is 1. The van der Waals surface area contributed by atoms with Crippen LogP contribution in [0.3, 0.4) is 0 Å². The number of aromatic nitrogens is 1. The molecule has 0 fully saturated rings. The second-order valence-corrected chi connectivity index (χ2v) is 8.25. The fraction of sp³-hybridized carbons (Fsp3) is 0.192. The summed E-state index contributed by atoms with van der Waals surface area (Å²) in [6.07, 6.45) is 2.15. The Labute approximate surface area is 201 Å². The first-order chi connectivity index (χ1) is 16.4. The van der Waals surface area contributed by atoms with Crippen LogP contribution in [0.5, 0.6) is 11.5 Å². The average molecular weight is 483 g/mol. The van der Waals surface area contributed by atoms with Crippen molar-refractivity contribution in [2.75, 3.05) is 7.11 Å². The van der Waals surface area contributed by atoms with Gasteiger partial charge in [-0.3, -0.25) is 10.1 Å². The van der Waals surface area contributed by atoms with Gasteiger partial charge in [0.2, 0.25) is 0 Å². The van der Waals surface area contributed by atoms with E-state index in [0.29, 0.717) is 28.5 Å². The van der Waals surface area contributed by atoms with E-state index in [1.54, 1.807) is 24.3 Å². The molecule has 1 heterocycles. The van der Waals surface area contributed by atoms with Crippen LogP contribution in [0.15, 0.2) is 66.9 Å². The Morgan fingerprint density at radius 2 is 1.88 bits per heavy atom. The highest BCUT2D eigenvalue weighted by Gasteiger charge is 2.20. The maximum atomic E-state index is 13.1. The van der Waals surface area contributed by atoms with E-state index in [0.717, 1.165) is 22.0 Å². The van der Waals surface area contributed by atoms with E-state index in [9.17, 15) is 14.3 Å². The first kappa shape index (κ1) is 23.6. The molecule has 3 aromatic carbocycles. The highest BCUT2D eigenvalue weighted by atomic mass is 35.5. The molecule has 0 aliphatic carbocycles. The van der Waals surface area contributed by atoms with E-state index in [2.05, 4.69) is 10.3 Å². The largest absolute Gasteiger partial charge is 0.493 e. The number of aliphatic carboxylic acids is 1. The van der Waals surface area contributed by atoms with Gasteiger partial charge in [-0.2, -0.15) is 0 Å². The zero-order chi connectivity index (χ0) is 24.1. The zero-order valence-corrected chi connectivity index (χ0v) is 19.2. The Morgan fingerprint density at radius 3 is 2.62 bits per heavy atom. The molecule has 1 aromatic heterocycles. The molecule has 0 radical (unpaired) electrons. The number of carboxylic acids is 1. The van der Waals surface area contributed by atoms with Crippen molar-refractivity contribution in [1.29, 1.82) is 0 Å². The Bertz CT molecular complexity index is 1290. The molecule has 8 heteroatoms. The second kappa shape index (κ2) is 10.6. The van der Waals surface area contributed by atoms with Gasteiger partial charge < -0.3 is 19.6 Å². The molecule has 0 amide bonds. The summed E-state index contributed by atoms with van der Waals surface area (Å²) >= 11 is 6.47. The molecule has 3 N–H and O–H groups in total. The van der Waals surface area contributed by atoms with Gasteiger partial charge >= 0.3 is 5.97 Å². The Hall–Kier alpha value is -3.55. The summed E-state index contributed by atoms with van der Waals surface area (Å²) in [7, 11) is 1.52. The summed E-state index contributed by atoms with van der Waals surface area (Å²) in [5.74, 6) is -0.362. The van der Waals surface area contributed by atoms with Crippen LogP contribution in [0.2, 0.25) is 5.02 Å².